The van der Waals surface area contributed by atoms with Crippen molar-refractivity contribution in [1.82, 2.24) is 0 Å². The zero-order valence-corrected chi connectivity index (χ0v) is 17.8. The molecule has 0 aliphatic carbocycles. The van der Waals surface area contributed by atoms with Gasteiger partial charge >= 0.3 is 0 Å². The van der Waals surface area contributed by atoms with Crippen LogP contribution in [0.2, 0.25) is 5.02 Å². The predicted octanol–water partition coefficient (Wildman–Crippen LogP) is 6.00. The maximum absolute atomic E-state index is 13.5. The zero-order valence-electron chi connectivity index (χ0n) is 17.0. The molecule has 3 aromatic carbocycles. The van der Waals surface area contributed by atoms with Gasteiger partial charge in [0.25, 0.3) is 11.8 Å². The minimum absolute atomic E-state index is 0.142. The van der Waals surface area contributed by atoms with Crippen LogP contribution in [0.1, 0.15) is 30.9 Å². The summed E-state index contributed by atoms with van der Waals surface area (Å²) in [6, 6.07) is 19.7. The van der Waals surface area contributed by atoms with Crippen molar-refractivity contribution in [2.75, 3.05) is 10.2 Å². The molecule has 1 aliphatic heterocycles. The van der Waals surface area contributed by atoms with Gasteiger partial charge in [-0.2, -0.15) is 0 Å². The first-order valence-corrected chi connectivity index (χ1v) is 10.2. The predicted molar refractivity (Wildman–Crippen MR) is 121 cm³/mol. The number of anilines is 2. The molecule has 0 aromatic heterocycles. The highest BCUT2D eigenvalue weighted by atomic mass is 35.5. The van der Waals surface area contributed by atoms with E-state index in [0.29, 0.717) is 27.9 Å². The molecule has 3 aromatic rings. The van der Waals surface area contributed by atoms with Gasteiger partial charge in [0.05, 0.1) is 11.3 Å². The second kappa shape index (κ2) is 8.36. The Morgan fingerprint density at radius 2 is 1.45 bits per heavy atom. The van der Waals surface area contributed by atoms with Gasteiger partial charge in [0.1, 0.15) is 11.5 Å². The smallest absolute Gasteiger partial charge is 0.282 e. The van der Waals surface area contributed by atoms with Gasteiger partial charge in [0.15, 0.2) is 0 Å². The fraction of sp³-hybridized carbons (Fsp3) is 0.120. The van der Waals surface area contributed by atoms with E-state index in [9.17, 15) is 14.0 Å². The molecule has 4 rings (SSSR count). The van der Waals surface area contributed by atoms with Crippen LogP contribution in [0.25, 0.3) is 5.57 Å². The number of hydrogen-bond acceptors (Lipinski definition) is 3. The number of rotatable bonds is 5. The third-order valence-electron chi connectivity index (χ3n) is 5.15. The minimum Gasteiger partial charge on any atom is -0.350 e. The van der Waals surface area contributed by atoms with Gasteiger partial charge in [-0.15, -0.1) is 0 Å². The van der Waals surface area contributed by atoms with Crippen molar-refractivity contribution in [3.8, 4) is 0 Å². The number of halogens is 2. The molecule has 0 saturated heterocycles. The van der Waals surface area contributed by atoms with Crippen LogP contribution < -0.4 is 10.2 Å². The number of hydrogen-bond donors (Lipinski definition) is 1. The normalized spacial score (nSPS) is 14.0. The van der Waals surface area contributed by atoms with Crippen LogP contribution >= 0.6 is 11.6 Å². The lowest BCUT2D eigenvalue weighted by atomic mass is 10.0. The largest absolute Gasteiger partial charge is 0.350 e. The monoisotopic (exact) mass is 434 g/mol. The van der Waals surface area contributed by atoms with E-state index in [1.165, 1.54) is 24.3 Å². The number of amides is 2. The molecule has 0 spiro atoms. The molecule has 156 valence electrons. The second-order valence-corrected chi connectivity index (χ2v) is 8.02. The Morgan fingerprint density at radius 1 is 0.839 bits per heavy atom. The Labute approximate surface area is 185 Å². The van der Waals surface area contributed by atoms with Crippen molar-refractivity contribution in [3.05, 3.63) is 100 Å². The Balaban J connectivity index is 1.77. The summed E-state index contributed by atoms with van der Waals surface area (Å²) >= 11 is 5.95. The molecule has 0 atom stereocenters. The Kier molecular flexibility index (Phi) is 5.61. The van der Waals surface area contributed by atoms with Gasteiger partial charge in [-0.05, 0) is 65.6 Å². The van der Waals surface area contributed by atoms with Gasteiger partial charge in [0, 0.05) is 10.7 Å². The molecule has 0 unspecified atom stereocenters. The van der Waals surface area contributed by atoms with Gasteiger partial charge in [0.2, 0.25) is 0 Å². The molecule has 0 fully saturated rings. The first-order chi connectivity index (χ1) is 14.8. The van der Waals surface area contributed by atoms with E-state index in [1.807, 2.05) is 24.3 Å². The summed E-state index contributed by atoms with van der Waals surface area (Å²) in [5.41, 5.74) is 3.04. The summed E-state index contributed by atoms with van der Waals surface area (Å²) in [7, 11) is 0. The van der Waals surface area contributed by atoms with Crippen LogP contribution in [0.5, 0.6) is 0 Å². The standard InChI is InChI=1S/C25H20ClFN2O2/c1-15(2)16-5-11-20(12-6-16)28-23-22(17-3-9-19(27)10-4-17)24(30)29(25(23)31)21-13-7-18(26)8-14-21/h3-15,28H,1-2H3. The van der Waals surface area contributed by atoms with Crippen LogP contribution in [0.4, 0.5) is 15.8 Å². The summed E-state index contributed by atoms with van der Waals surface area (Å²) in [5.74, 6) is -1.02. The topological polar surface area (TPSA) is 49.4 Å². The molecule has 6 heteroatoms. The van der Waals surface area contributed by atoms with Crippen molar-refractivity contribution >= 4 is 40.4 Å². The van der Waals surface area contributed by atoms with E-state index in [2.05, 4.69) is 19.2 Å². The molecule has 0 saturated carbocycles. The number of carbonyl (C=O) groups excluding carboxylic acids is 2. The average molecular weight is 435 g/mol. The third kappa shape index (κ3) is 4.09. The van der Waals surface area contributed by atoms with Crippen molar-refractivity contribution in [1.29, 1.82) is 0 Å². The summed E-state index contributed by atoms with van der Waals surface area (Å²) in [5, 5.41) is 3.61. The molecule has 31 heavy (non-hydrogen) atoms. The van der Waals surface area contributed by atoms with Crippen LogP contribution in [0, 0.1) is 5.82 Å². The highest BCUT2D eigenvalue weighted by Gasteiger charge is 2.40. The molecule has 1 heterocycles. The third-order valence-corrected chi connectivity index (χ3v) is 5.40. The summed E-state index contributed by atoms with van der Waals surface area (Å²) in [4.78, 5) is 27.7. The molecule has 0 radical (unpaired) electrons. The van der Waals surface area contributed by atoms with E-state index in [4.69, 9.17) is 11.6 Å². The number of benzene rings is 3. The number of carbonyl (C=O) groups is 2. The van der Waals surface area contributed by atoms with Crippen LogP contribution in [0.15, 0.2) is 78.5 Å². The first-order valence-electron chi connectivity index (χ1n) is 9.86. The summed E-state index contributed by atoms with van der Waals surface area (Å²) in [6.07, 6.45) is 0. The lowest BCUT2D eigenvalue weighted by Crippen LogP contribution is -2.32. The number of imide groups is 1. The SMILES string of the molecule is CC(C)c1ccc(NC2=C(c3ccc(F)cc3)C(=O)N(c3ccc(Cl)cc3)C2=O)cc1. The van der Waals surface area contributed by atoms with Crippen molar-refractivity contribution in [3.63, 3.8) is 0 Å². The maximum Gasteiger partial charge on any atom is 0.282 e. The van der Waals surface area contributed by atoms with Crippen LogP contribution in [-0.4, -0.2) is 11.8 Å². The van der Waals surface area contributed by atoms with E-state index in [1.54, 1.807) is 24.3 Å². The Morgan fingerprint density at radius 3 is 2.03 bits per heavy atom. The Bertz CT molecular complexity index is 1170. The van der Waals surface area contributed by atoms with E-state index in [0.717, 1.165) is 10.5 Å². The number of nitrogens with one attached hydrogen (secondary N) is 1. The highest BCUT2D eigenvalue weighted by Crippen LogP contribution is 2.34. The van der Waals surface area contributed by atoms with Crippen molar-refractivity contribution < 1.29 is 14.0 Å². The minimum atomic E-state index is -0.486. The van der Waals surface area contributed by atoms with Gasteiger partial charge in [-0.25, -0.2) is 9.29 Å². The van der Waals surface area contributed by atoms with Crippen molar-refractivity contribution in [2.24, 2.45) is 0 Å². The van der Waals surface area contributed by atoms with Crippen LogP contribution in [0.3, 0.4) is 0 Å². The fourth-order valence-corrected chi connectivity index (χ4v) is 3.58. The van der Waals surface area contributed by atoms with Crippen molar-refractivity contribution in [2.45, 2.75) is 19.8 Å². The van der Waals surface area contributed by atoms with E-state index in [-0.39, 0.29) is 11.3 Å². The fourth-order valence-electron chi connectivity index (χ4n) is 3.45. The van der Waals surface area contributed by atoms with Gasteiger partial charge < -0.3 is 5.32 Å². The summed E-state index contributed by atoms with van der Waals surface area (Å²) in [6.45, 7) is 4.20. The summed E-state index contributed by atoms with van der Waals surface area (Å²) < 4.78 is 13.5. The lowest BCUT2D eigenvalue weighted by Gasteiger charge is -2.15. The van der Waals surface area contributed by atoms with E-state index < -0.39 is 17.6 Å². The molecule has 1 aliphatic rings. The second-order valence-electron chi connectivity index (χ2n) is 7.58. The molecule has 1 N–H and O–H groups in total. The average Bonchev–Trinajstić information content (AvgIpc) is 2.99. The Hall–Kier alpha value is -3.44. The molecular formula is C25H20ClFN2O2. The van der Waals surface area contributed by atoms with Gasteiger partial charge in [-0.3, -0.25) is 9.59 Å². The highest BCUT2D eigenvalue weighted by molar-refractivity contribution is 6.46. The first kappa shape index (κ1) is 20.8. The van der Waals surface area contributed by atoms with Gasteiger partial charge in [-0.1, -0.05) is 49.7 Å². The zero-order chi connectivity index (χ0) is 22.1. The molecule has 4 nitrogen and oxygen atoms in total. The van der Waals surface area contributed by atoms with Crippen LogP contribution in [-0.2, 0) is 9.59 Å². The quantitative estimate of drug-likeness (QED) is 0.501. The molecule has 0 bridgehead atoms. The van der Waals surface area contributed by atoms with E-state index >= 15 is 0 Å². The maximum atomic E-state index is 13.5. The number of nitrogens with zero attached hydrogens (tertiary/aromatic N) is 1. The molecular weight excluding hydrogens is 415 g/mol. The lowest BCUT2D eigenvalue weighted by molar-refractivity contribution is -0.120. The molecule has 2 amide bonds.